The first-order valence-corrected chi connectivity index (χ1v) is 12.8. The van der Waals surface area contributed by atoms with E-state index in [0.717, 1.165) is 26.1 Å². The second kappa shape index (κ2) is 10.0. The molecule has 1 aliphatic rings. The van der Waals surface area contributed by atoms with Gasteiger partial charge in [-0.1, -0.05) is 36.4 Å². The molecule has 38 heavy (non-hydrogen) atoms. The highest BCUT2D eigenvalue weighted by Gasteiger charge is 2.65. The number of H-pyrrole nitrogens is 1. The van der Waals surface area contributed by atoms with Crippen LogP contribution in [0.1, 0.15) is 20.1 Å². The molecule has 1 unspecified atom stereocenters. The summed E-state index contributed by atoms with van der Waals surface area (Å²) in [5.74, 6) is -4.81. The number of carboxylic acid groups (broad SMARTS) is 1. The average Bonchev–Trinajstić information content (AvgIpc) is 3.03. The van der Waals surface area contributed by atoms with Crippen molar-refractivity contribution in [1.82, 2.24) is 14.6 Å². The maximum atomic E-state index is 15.8. The van der Waals surface area contributed by atoms with Gasteiger partial charge in [-0.15, -0.1) is 0 Å². The fourth-order valence-corrected chi connectivity index (χ4v) is 5.46. The lowest BCUT2D eigenvalue weighted by Gasteiger charge is -2.28. The summed E-state index contributed by atoms with van der Waals surface area (Å²) in [6.07, 6.45) is -3.77. The minimum Gasteiger partial charge on any atom is -0.480 e. The summed E-state index contributed by atoms with van der Waals surface area (Å²) in [6, 6.07) is 10.9. The predicted molar refractivity (Wildman–Crippen MR) is 129 cm³/mol. The molecule has 2 aromatic carbocycles. The number of aromatic amines is 1. The van der Waals surface area contributed by atoms with E-state index in [1.54, 1.807) is 36.4 Å². The zero-order chi connectivity index (χ0) is 27.9. The Morgan fingerprint density at radius 1 is 1.24 bits per heavy atom. The zero-order valence-corrected chi connectivity index (χ0v) is 20.9. The minimum absolute atomic E-state index is 0.00492. The van der Waals surface area contributed by atoms with Crippen molar-refractivity contribution in [3.8, 4) is 5.75 Å². The Morgan fingerprint density at radius 2 is 1.92 bits per heavy atom. The van der Waals surface area contributed by atoms with Crippen molar-refractivity contribution in [3.63, 3.8) is 0 Å². The summed E-state index contributed by atoms with van der Waals surface area (Å²) in [5.41, 5.74) is -4.86. The molecular weight excluding hydrogens is 531 g/mol. The molecule has 6 atom stereocenters. The summed E-state index contributed by atoms with van der Waals surface area (Å²) in [4.78, 5) is 36.8. The number of nitrogens with zero attached hydrogens (tertiary/aromatic N) is 1. The SMILES string of the molecule is CC(N[P@](=O)(OC[C@@]1(F)O[C@@H](n2ccc(=O)[nH]c2=O)[C@](C)(F)[C@@H]1O)Oc1cccc2ccccc12)C(=O)O. The number of fused-ring (bicyclic) bond motifs is 1. The van der Waals surface area contributed by atoms with Crippen LogP contribution in [0, 0.1) is 0 Å². The number of aliphatic carboxylic acids is 1. The Hall–Kier alpha value is -3.42. The molecule has 0 amide bonds. The molecule has 1 aromatic heterocycles. The number of carbonyl (C=O) groups is 1. The number of halogens is 2. The smallest absolute Gasteiger partial charge is 0.459 e. The molecule has 0 bridgehead atoms. The number of aliphatic hydroxyl groups is 1. The number of alkyl halides is 2. The first-order chi connectivity index (χ1) is 17.8. The third kappa shape index (κ3) is 5.26. The van der Waals surface area contributed by atoms with Gasteiger partial charge in [-0.2, -0.15) is 5.09 Å². The van der Waals surface area contributed by atoms with Crippen molar-refractivity contribution in [2.45, 2.75) is 43.7 Å². The largest absolute Gasteiger partial charge is 0.480 e. The summed E-state index contributed by atoms with van der Waals surface area (Å²) in [5, 5.41) is 23.1. The highest BCUT2D eigenvalue weighted by molar-refractivity contribution is 7.52. The lowest BCUT2D eigenvalue weighted by Crippen LogP contribution is -2.47. The van der Waals surface area contributed by atoms with Crippen molar-refractivity contribution in [2.75, 3.05) is 6.61 Å². The van der Waals surface area contributed by atoms with Gasteiger partial charge in [0.1, 0.15) is 18.4 Å². The van der Waals surface area contributed by atoms with Gasteiger partial charge in [-0.25, -0.2) is 18.1 Å². The number of carboxylic acids is 1. The van der Waals surface area contributed by atoms with Gasteiger partial charge in [-0.05, 0) is 25.3 Å². The molecule has 4 N–H and O–H groups in total. The molecule has 15 heteroatoms. The molecule has 0 aliphatic carbocycles. The van der Waals surface area contributed by atoms with Gasteiger partial charge in [0.2, 0.25) is 0 Å². The summed E-state index contributed by atoms with van der Waals surface area (Å²) in [6.45, 7) is 0.496. The Bertz CT molecular complexity index is 1520. The second-order valence-corrected chi connectivity index (χ2v) is 10.5. The monoisotopic (exact) mass is 555 g/mol. The standard InChI is InChI=1S/C23H24F2N3O9P/c1-13(18(30)31)27-38(34,37-16-9-5-7-14-6-3-4-8-15(14)16)35-12-23(25)19(32)22(2,24)20(36-23)28-11-10-17(29)26-21(28)33/h3-11,13,19-20,32H,12H2,1-2H3,(H,27,34)(H,30,31)(H,26,29,33)/t13?,19-,20+,22+,23+,38-/m0/s1. The number of aromatic nitrogens is 2. The van der Waals surface area contributed by atoms with Crippen molar-refractivity contribution in [2.24, 2.45) is 0 Å². The number of rotatable bonds is 9. The molecule has 3 aromatic rings. The third-order valence-corrected chi connectivity index (χ3v) is 7.57. The van der Waals surface area contributed by atoms with Crippen LogP contribution in [0.2, 0.25) is 0 Å². The Labute approximate surface area is 213 Å². The zero-order valence-electron chi connectivity index (χ0n) is 20.0. The molecule has 1 fully saturated rings. The van der Waals surface area contributed by atoms with Crippen LogP contribution in [0.3, 0.4) is 0 Å². The minimum atomic E-state index is -4.73. The van der Waals surface area contributed by atoms with Crippen molar-refractivity contribution < 1.29 is 42.1 Å². The van der Waals surface area contributed by atoms with E-state index in [-0.39, 0.29) is 5.75 Å². The van der Waals surface area contributed by atoms with Gasteiger partial charge in [0.05, 0.1) is 0 Å². The molecule has 204 valence electrons. The Balaban J connectivity index is 1.64. The molecule has 2 heterocycles. The van der Waals surface area contributed by atoms with Crippen molar-refractivity contribution >= 4 is 24.5 Å². The van der Waals surface area contributed by atoms with E-state index in [1.807, 2.05) is 4.98 Å². The second-order valence-electron chi connectivity index (χ2n) is 8.86. The van der Waals surface area contributed by atoms with E-state index in [0.29, 0.717) is 15.3 Å². The highest BCUT2D eigenvalue weighted by atomic mass is 31.2. The van der Waals surface area contributed by atoms with E-state index < -0.39 is 61.5 Å². The van der Waals surface area contributed by atoms with Gasteiger partial charge in [0, 0.05) is 17.6 Å². The highest BCUT2D eigenvalue weighted by Crippen LogP contribution is 2.52. The van der Waals surface area contributed by atoms with Gasteiger partial charge >= 0.3 is 19.4 Å². The number of hydrogen-bond donors (Lipinski definition) is 4. The van der Waals surface area contributed by atoms with Gasteiger partial charge < -0.3 is 19.5 Å². The average molecular weight is 555 g/mol. The Morgan fingerprint density at radius 3 is 2.61 bits per heavy atom. The van der Waals surface area contributed by atoms with Crippen LogP contribution < -0.4 is 20.9 Å². The lowest BCUT2D eigenvalue weighted by molar-refractivity contribution is -0.204. The fraction of sp³-hybridized carbons (Fsp3) is 0.348. The van der Waals surface area contributed by atoms with Crippen molar-refractivity contribution in [3.05, 3.63) is 75.6 Å². The van der Waals surface area contributed by atoms with Gasteiger partial charge in [-0.3, -0.25) is 23.7 Å². The first kappa shape index (κ1) is 27.6. The third-order valence-electron chi connectivity index (χ3n) is 5.96. The van der Waals surface area contributed by atoms with Crippen LogP contribution in [0.15, 0.2) is 64.3 Å². The van der Waals surface area contributed by atoms with E-state index in [9.17, 15) is 29.2 Å². The van der Waals surface area contributed by atoms with Crippen LogP contribution in [-0.4, -0.2) is 56.0 Å². The summed E-state index contributed by atoms with van der Waals surface area (Å²) in [7, 11) is -4.73. The molecular formula is C23H24F2N3O9P. The Kier molecular flexibility index (Phi) is 7.30. The number of benzene rings is 2. The topological polar surface area (TPSA) is 169 Å². The van der Waals surface area contributed by atoms with E-state index in [1.165, 1.54) is 6.07 Å². The molecule has 12 nitrogen and oxygen atoms in total. The molecule has 1 aliphatic heterocycles. The maximum absolute atomic E-state index is 15.8. The van der Waals surface area contributed by atoms with E-state index >= 15 is 8.78 Å². The number of hydrogen-bond acceptors (Lipinski definition) is 8. The predicted octanol–water partition coefficient (Wildman–Crippen LogP) is 2.24. The molecule has 1 saturated heterocycles. The van der Waals surface area contributed by atoms with Gasteiger partial charge in [0.15, 0.2) is 18.0 Å². The number of ether oxygens (including phenoxy) is 1. The van der Waals surface area contributed by atoms with E-state index in [4.69, 9.17) is 13.8 Å². The summed E-state index contributed by atoms with van der Waals surface area (Å²) < 4.78 is 61.2. The van der Waals surface area contributed by atoms with Crippen LogP contribution >= 0.6 is 7.75 Å². The van der Waals surface area contributed by atoms with Gasteiger partial charge in [0.25, 0.3) is 11.4 Å². The van der Waals surface area contributed by atoms with E-state index in [2.05, 4.69) is 5.09 Å². The van der Waals surface area contributed by atoms with Crippen LogP contribution in [-0.2, 0) is 18.6 Å². The summed E-state index contributed by atoms with van der Waals surface area (Å²) >= 11 is 0. The number of nitrogens with one attached hydrogen (secondary N) is 2. The van der Waals surface area contributed by atoms with Crippen LogP contribution in [0.5, 0.6) is 5.75 Å². The fourth-order valence-electron chi connectivity index (χ4n) is 3.94. The molecule has 0 spiro atoms. The van der Waals surface area contributed by atoms with Crippen LogP contribution in [0.4, 0.5) is 8.78 Å². The normalized spacial score (nSPS) is 27.6. The first-order valence-electron chi connectivity index (χ1n) is 11.2. The molecule has 0 radical (unpaired) electrons. The van der Waals surface area contributed by atoms with Crippen LogP contribution in [0.25, 0.3) is 10.8 Å². The number of aliphatic hydroxyl groups excluding tert-OH is 1. The molecule has 0 saturated carbocycles. The van der Waals surface area contributed by atoms with Crippen molar-refractivity contribution in [1.29, 1.82) is 0 Å². The quantitative estimate of drug-likeness (QED) is 0.287. The molecule has 4 rings (SSSR count). The lowest BCUT2D eigenvalue weighted by atomic mass is 9.97. The maximum Gasteiger partial charge on any atom is 0.459 e.